The molecule has 2 rings (SSSR count). The van der Waals surface area contributed by atoms with E-state index in [4.69, 9.17) is 0 Å². The molecule has 0 bridgehead atoms. The third-order valence-corrected chi connectivity index (χ3v) is 6.04. The average molecular weight is 432 g/mol. The molecule has 0 aliphatic carbocycles. The normalized spacial score (nSPS) is 13.2. The molecule has 0 heterocycles. The molecule has 0 unspecified atom stereocenters. The summed E-state index contributed by atoms with van der Waals surface area (Å²) < 4.78 is 25.9. The monoisotopic (exact) mass is 431 g/mol. The number of benzene rings is 2. The highest BCUT2D eigenvalue weighted by Crippen LogP contribution is 2.23. The van der Waals surface area contributed by atoms with Crippen LogP contribution >= 0.6 is 0 Å². The molecule has 2 N–H and O–H groups in total. The van der Waals surface area contributed by atoms with Crippen LogP contribution in [0.25, 0.3) is 0 Å². The summed E-state index contributed by atoms with van der Waals surface area (Å²) in [6, 6.07) is 12.5. The SMILES string of the molecule is CC[C@H](C)NC(=O)c1ccccc1NC(=O)[C@@H](C)N(c1ccc(C)cc1)S(C)(=O)=O. The van der Waals surface area contributed by atoms with Crippen molar-refractivity contribution in [1.82, 2.24) is 5.32 Å². The van der Waals surface area contributed by atoms with Gasteiger partial charge in [-0.15, -0.1) is 0 Å². The van der Waals surface area contributed by atoms with Crippen LogP contribution in [-0.4, -0.2) is 38.6 Å². The van der Waals surface area contributed by atoms with E-state index in [-0.39, 0.29) is 11.9 Å². The molecule has 0 saturated heterocycles. The van der Waals surface area contributed by atoms with E-state index in [1.54, 1.807) is 48.5 Å². The smallest absolute Gasteiger partial charge is 0.253 e. The predicted octanol–water partition coefficient (Wildman–Crippen LogP) is 3.32. The fraction of sp³-hybridized carbons (Fsp3) is 0.364. The average Bonchev–Trinajstić information content (AvgIpc) is 2.68. The summed E-state index contributed by atoms with van der Waals surface area (Å²) in [5.41, 5.74) is 2.02. The van der Waals surface area contributed by atoms with Crippen LogP contribution in [0.5, 0.6) is 0 Å². The van der Waals surface area contributed by atoms with Crippen molar-refractivity contribution in [2.45, 2.75) is 46.2 Å². The zero-order valence-electron chi connectivity index (χ0n) is 18.0. The second-order valence-electron chi connectivity index (χ2n) is 7.39. The van der Waals surface area contributed by atoms with Gasteiger partial charge in [0.25, 0.3) is 5.91 Å². The summed E-state index contributed by atoms with van der Waals surface area (Å²) in [5.74, 6) is -0.837. The number of nitrogens with one attached hydrogen (secondary N) is 2. The highest BCUT2D eigenvalue weighted by atomic mass is 32.2. The van der Waals surface area contributed by atoms with Gasteiger partial charge in [-0.1, -0.05) is 36.8 Å². The molecule has 2 aromatic carbocycles. The van der Waals surface area contributed by atoms with Gasteiger partial charge in [0.05, 0.1) is 23.2 Å². The van der Waals surface area contributed by atoms with Gasteiger partial charge in [-0.05, 0) is 51.5 Å². The van der Waals surface area contributed by atoms with E-state index in [0.29, 0.717) is 16.9 Å². The number of aryl methyl sites for hydroxylation is 1. The summed E-state index contributed by atoms with van der Waals surface area (Å²) in [6.45, 7) is 7.27. The first-order valence-electron chi connectivity index (χ1n) is 9.81. The van der Waals surface area contributed by atoms with E-state index in [0.717, 1.165) is 22.5 Å². The van der Waals surface area contributed by atoms with Crippen molar-refractivity contribution < 1.29 is 18.0 Å². The van der Waals surface area contributed by atoms with Crippen molar-refractivity contribution in [3.63, 3.8) is 0 Å². The second-order valence-corrected chi connectivity index (χ2v) is 9.25. The number of nitrogens with zero attached hydrogens (tertiary/aromatic N) is 1. The van der Waals surface area contributed by atoms with Crippen LogP contribution in [0.2, 0.25) is 0 Å². The number of carbonyl (C=O) groups excluding carboxylic acids is 2. The van der Waals surface area contributed by atoms with Crippen LogP contribution in [0.3, 0.4) is 0 Å². The van der Waals surface area contributed by atoms with Gasteiger partial charge >= 0.3 is 0 Å². The minimum atomic E-state index is -3.72. The number of amides is 2. The Kier molecular flexibility index (Phi) is 7.61. The van der Waals surface area contributed by atoms with Crippen molar-refractivity contribution in [1.29, 1.82) is 0 Å². The number of anilines is 2. The van der Waals surface area contributed by atoms with Gasteiger partial charge in [0, 0.05) is 6.04 Å². The lowest BCUT2D eigenvalue weighted by atomic mass is 10.1. The number of para-hydroxylation sites is 1. The molecule has 0 spiro atoms. The summed E-state index contributed by atoms with van der Waals surface area (Å²) >= 11 is 0. The Balaban J connectivity index is 2.30. The lowest BCUT2D eigenvalue weighted by Gasteiger charge is -2.28. The molecular weight excluding hydrogens is 402 g/mol. The summed E-state index contributed by atoms with van der Waals surface area (Å²) in [7, 11) is -3.72. The van der Waals surface area contributed by atoms with Crippen LogP contribution in [-0.2, 0) is 14.8 Å². The fourth-order valence-corrected chi connectivity index (χ4v) is 4.11. The van der Waals surface area contributed by atoms with Crippen LogP contribution in [0.1, 0.15) is 43.1 Å². The molecule has 0 aliphatic heterocycles. The van der Waals surface area contributed by atoms with Gasteiger partial charge < -0.3 is 10.6 Å². The van der Waals surface area contributed by atoms with Crippen molar-refractivity contribution in [2.75, 3.05) is 15.9 Å². The van der Waals surface area contributed by atoms with E-state index in [2.05, 4.69) is 10.6 Å². The van der Waals surface area contributed by atoms with Gasteiger partial charge in [0.2, 0.25) is 15.9 Å². The molecule has 2 atom stereocenters. The Hall–Kier alpha value is -2.87. The van der Waals surface area contributed by atoms with E-state index in [1.807, 2.05) is 20.8 Å². The van der Waals surface area contributed by atoms with Crippen LogP contribution in [0.4, 0.5) is 11.4 Å². The maximum atomic E-state index is 12.9. The molecule has 8 heteroatoms. The van der Waals surface area contributed by atoms with Crippen molar-refractivity contribution in [3.8, 4) is 0 Å². The third kappa shape index (κ3) is 5.82. The zero-order chi connectivity index (χ0) is 22.5. The third-order valence-electron chi connectivity index (χ3n) is 4.80. The topological polar surface area (TPSA) is 95.6 Å². The van der Waals surface area contributed by atoms with Gasteiger partial charge in [-0.25, -0.2) is 8.42 Å². The minimum absolute atomic E-state index is 0.0116. The Bertz CT molecular complexity index is 1000. The van der Waals surface area contributed by atoms with Crippen LogP contribution in [0, 0.1) is 6.92 Å². The molecule has 2 amide bonds. The number of hydrogen-bond donors (Lipinski definition) is 2. The van der Waals surface area contributed by atoms with Crippen LogP contribution < -0.4 is 14.9 Å². The highest BCUT2D eigenvalue weighted by Gasteiger charge is 2.29. The Morgan fingerprint density at radius 1 is 1.03 bits per heavy atom. The number of carbonyl (C=O) groups is 2. The molecule has 0 aromatic heterocycles. The Morgan fingerprint density at radius 2 is 1.63 bits per heavy atom. The van der Waals surface area contributed by atoms with Gasteiger partial charge in [0.15, 0.2) is 0 Å². The summed E-state index contributed by atoms with van der Waals surface area (Å²) in [5, 5.41) is 5.58. The van der Waals surface area contributed by atoms with E-state index < -0.39 is 22.0 Å². The second kappa shape index (κ2) is 9.75. The number of rotatable bonds is 8. The maximum absolute atomic E-state index is 12.9. The van der Waals surface area contributed by atoms with Gasteiger partial charge in [0.1, 0.15) is 6.04 Å². The summed E-state index contributed by atoms with van der Waals surface area (Å²) in [6.07, 6.45) is 1.83. The minimum Gasteiger partial charge on any atom is -0.350 e. The molecule has 7 nitrogen and oxygen atoms in total. The van der Waals surface area contributed by atoms with Crippen molar-refractivity contribution in [2.24, 2.45) is 0 Å². The lowest BCUT2D eigenvalue weighted by Crippen LogP contribution is -2.45. The quantitative estimate of drug-likeness (QED) is 0.670. The fourth-order valence-electron chi connectivity index (χ4n) is 2.93. The predicted molar refractivity (Wildman–Crippen MR) is 120 cm³/mol. The van der Waals surface area contributed by atoms with Gasteiger partial charge in [-0.2, -0.15) is 0 Å². The lowest BCUT2D eigenvalue weighted by molar-refractivity contribution is -0.116. The first-order valence-corrected chi connectivity index (χ1v) is 11.7. The molecule has 162 valence electrons. The van der Waals surface area contributed by atoms with Gasteiger partial charge in [-0.3, -0.25) is 13.9 Å². The zero-order valence-corrected chi connectivity index (χ0v) is 18.8. The number of sulfonamides is 1. The Labute approximate surface area is 178 Å². The molecule has 2 aromatic rings. The van der Waals surface area contributed by atoms with E-state index >= 15 is 0 Å². The molecule has 0 fully saturated rings. The van der Waals surface area contributed by atoms with E-state index in [9.17, 15) is 18.0 Å². The van der Waals surface area contributed by atoms with Crippen molar-refractivity contribution >= 4 is 33.2 Å². The molecule has 30 heavy (non-hydrogen) atoms. The van der Waals surface area contributed by atoms with Crippen molar-refractivity contribution in [3.05, 3.63) is 59.7 Å². The van der Waals surface area contributed by atoms with Crippen LogP contribution in [0.15, 0.2) is 48.5 Å². The standard InChI is InChI=1S/C22H29N3O4S/c1-6-16(3)23-22(27)19-9-7-8-10-20(19)24-21(26)17(4)25(30(5,28)29)18-13-11-15(2)12-14-18/h7-14,16-17H,6H2,1-5H3,(H,23,27)(H,24,26)/t16-,17+/m0/s1. The first kappa shape index (κ1) is 23.4. The molecule has 0 saturated carbocycles. The number of hydrogen-bond acceptors (Lipinski definition) is 4. The maximum Gasteiger partial charge on any atom is 0.253 e. The summed E-state index contributed by atoms with van der Waals surface area (Å²) in [4.78, 5) is 25.5. The van der Waals surface area contributed by atoms with E-state index in [1.165, 1.54) is 6.92 Å². The first-order chi connectivity index (χ1) is 14.0. The molecule has 0 aliphatic rings. The molecular formula is C22H29N3O4S. The Morgan fingerprint density at radius 3 is 2.20 bits per heavy atom. The molecule has 0 radical (unpaired) electrons. The largest absolute Gasteiger partial charge is 0.350 e. The highest BCUT2D eigenvalue weighted by molar-refractivity contribution is 7.92.